The van der Waals surface area contributed by atoms with Gasteiger partial charge in [0.05, 0.1) is 4.90 Å². The number of sulfone groups is 1. The molecule has 2 unspecified atom stereocenters. The molecule has 2 atom stereocenters. The Hall–Kier alpha value is -1.11. The molecule has 1 aromatic carbocycles. The van der Waals surface area contributed by atoms with E-state index in [4.69, 9.17) is 0 Å². The van der Waals surface area contributed by atoms with Gasteiger partial charge in [-0.25, -0.2) is 8.42 Å². The van der Waals surface area contributed by atoms with Gasteiger partial charge in [-0.3, -0.25) is 4.79 Å². The highest BCUT2D eigenvalue weighted by Gasteiger charge is 2.38. The van der Waals surface area contributed by atoms with Crippen LogP contribution in [0, 0.1) is 0 Å². The summed E-state index contributed by atoms with van der Waals surface area (Å²) in [6.45, 7) is 1.81. The molecular formula is C15H21ClN2O3S. The fraction of sp³-hybridized carbons (Fsp3) is 0.533. The molecule has 0 saturated carbocycles. The molecule has 2 fully saturated rings. The fourth-order valence-electron chi connectivity index (χ4n) is 3.31. The van der Waals surface area contributed by atoms with Crippen LogP contribution in [-0.4, -0.2) is 50.7 Å². The number of amides is 1. The molecule has 1 aromatic rings. The van der Waals surface area contributed by atoms with E-state index in [2.05, 4.69) is 5.32 Å². The Kier molecular flexibility index (Phi) is 5.14. The highest BCUT2D eigenvalue weighted by Crippen LogP contribution is 2.29. The maximum Gasteiger partial charge on any atom is 0.254 e. The van der Waals surface area contributed by atoms with E-state index in [0.717, 1.165) is 32.4 Å². The molecule has 2 heterocycles. The average molecular weight is 345 g/mol. The molecule has 3 rings (SSSR count). The standard InChI is InChI=1S/C15H20N2O3S.ClH/c1-21(19,20)14-6-2-11(3-7-14)15(18)17-12-4-5-13(17)10-16-9-8-12;/h2-3,6-7,12-13,16H,4-5,8-10H2,1H3;1H. The van der Waals surface area contributed by atoms with Crippen molar-refractivity contribution >= 4 is 28.2 Å². The van der Waals surface area contributed by atoms with Crippen molar-refractivity contribution in [3.05, 3.63) is 29.8 Å². The van der Waals surface area contributed by atoms with Gasteiger partial charge in [-0.15, -0.1) is 12.4 Å². The zero-order chi connectivity index (χ0) is 15.0. The molecule has 0 radical (unpaired) electrons. The number of halogens is 1. The Morgan fingerprint density at radius 1 is 1.14 bits per heavy atom. The molecule has 2 bridgehead atoms. The summed E-state index contributed by atoms with van der Waals surface area (Å²) >= 11 is 0. The van der Waals surface area contributed by atoms with Crippen LogP contribution in [0.15, 0.2) is 29.2 Å². The molecule has 122 valence electrons. The minimum Gasteiger partial charge on any atom is -0.331 e. The lowest BCUT2D eigenvalue weighted by atomic mass is 10.1. The van der Waals surface area contributed by atoms with Crippen molar-refractivity contribution in [1.29, 1.82) is 0 Å². The molecule has 5 nitrogen and oxygen atoms in total. The van der Waals surface area contributed by atoms with Gasteiger partial charge in [0.1, 0.15) is 0 Å². The summed E-state index contributed by atoms with van der Waals surface area (Å²) in [5, 5.41) is 3.37. The lowest BCUT2D eigenvalue weighted by Crippen LogP contribution is -2.42. The van der Waals surface area contributed by atoms with Crippen molar-refractivity contribution in [2.75, 3.05) is 19.3 Å². The molecule has 1 amide bonds. The quantitative estimate of drug-likeness (QED) is 0.882. The van der Waals surface area contributed by atoms with Crippen LogP contribution in [0.3, 0.4) is 0 Å². The molecule has 0 aliphatic carbocycles. The maximum atomic E-state index is 12.7. The second kappa shape index (κ2) is 6.56. The van der Waals surface area contributed by atoms with Gasteiger partial charge in [0.25, 0.3) is 5.91 Å². The Labute approximate surface area is 137 Å². The molecule has 7 heteroatoms. The Morgan fingerprint density at radius 3 is 2.41 bits per heavy atom. The van der Waals surface area contributed by atoms with Gasteiger partial charge in [0.2, 0.25) is 0 Å². The van der Waals surface area contributed by atoms with Gasteiger partial charge in [-0.2, -0.15) is 0 Å². The second-order valence-electron chi connectivity index (χ2n) is 5.89. The first-order chi connectivity index (χ1) is 9.97. The Balaban J connectivity index is 0.00000176. The molecular weight excluding hydrogens is 324 g/mol. The van der Waals surface area contributed by atoms with Gasteiger partial charge >= 0.3 is 0 Å². The third-order valence-corrected chi connectivity index (χ3v) is 5.55. The topological polar surface area (TPSA) is 66.5 Å². The minimum absolute atomic E-state index is 0. The number of hydrogen-bond acceptors (Lipinski definition) is 4. The molecule has 1 N–H and O–H groups in total. The summed E-state index contributed by atoms with van der Waals surface area (Å²) in [6.07, 6.45) is 4.28. The number of hydrogen-bond donors (Lipinski definition) is 1. The molecule has 0 aromatic heterocycles. The van der Waals surface area contributed by atoms with Crippen LogP contribution in [0.25, 0.3) is 0 Å². The molecule has 0 spiro atoms. The number of benzene rings is 1. The number of rotatable bonds is 2. The predicted molar refractivity (Wildman–Crippen MR) is 87.3 cm³/mol. The summed E-state index contributed by atoms with van der Waals surface area (Å²) < 4.78 is 22.9. The van der Waals surface area contributed by atoms with E-state index < -0.39 is 9.84 Å². The third-order valence-electron chi connectivity index (χ3n) is 4.42. The van der Waals surface area contributed by atoms with E-state index in [0.29, 0.717) is 11.6 Å². The first-order valence-electron chi connectivity index (χ1n) is 7.30. The van der Waals surface area contributed by atoms with E-state index in [1.54, 1.807) is 12.1 Å². The van der Waals surface area contributed by atoms with Crippen molar-refractivity contribution in [2.45, 2.75) is 36.2 Å². The van der Waals surface area contributed by atoms with Gasteiger partial charge in [0.15, 0.2) is 9.84 Å². The van der Waals surface area contributed by atoms with E-state index in [-0.39, 0.29) is 29.3 Å². The number of nitrogens with zero attached hydrogens (tertiary/aromatic N) is 1. The van der Waals surface area contributed by atoms with Crippen molar-refractivity contribution in [3.8, 4) is 0 Å². The first-order valence-corrected chi connectivity index (χ1v) is 9.19. The zero-order valence-corrected chi connectivity index (χ0v) is 14.1. The Bertz CT molecular complexity index is 631. The third kappa shape index (κ3) is 3.29. The number of fused-ring (bicyclic) bond motifs is 2. The van der Waals surface area contributed by atoms with Crippen molar-refractivity contribution < 1.29 is 13.2 Å². The van der Waals surface area contributed by atoms with Crippen LogP contribution in [-0.2, 0) is 9.84 Å². The largest absolute Gasteiger partial charge is 0.331 e. The summed E-state index contributed by atoms with van der Waals surface area (Å²) in [5.41, 5.74) is 0.571. The van der Waals surface area contributed by atoms with Crippen molar-refractivity contribution in [1.82, 2.24) is 10.2 Å². The molecule has 2 saturated heterocycles. The second-order valence-corrected chi connectivity index (χ2v) is 7.90. The van der Waals surface area contributed by atoms with Crippen molar-refractivity contribution in [2.24, 2.45) is 0 Å². The lowest BCUT2D eigenvalue weighted by Gasteiger charge is -2.28. The van der Waals surface area contributed by atoms with E-state index in [9.17, 15) is 13.2 Å². The van der Waals surface area contributed by atoms with Gasteiger partial charge < -0.3 is 10.2 Å². The molecule has 2 aliphatic heterocycles. The highest BCUT2D eigenvalue weighted by molar-refractivity contribution is 7.90. The normalized spacial score (nSPS) is 24.5. The summed E-state index contributed by atoms with van der Waals surface area (Å²) in [6, 6.07) is 6.85. The molecule has 22 heavy (non-hydrogen) atoms. The van der Waals surface area contributed by atoms with Crippen LogP contribution in [0.1, 0.15) is 29.6 Å². The van der Waals surface area contributed by atoms with Gasteiger partial charge in [-0.05, 0) is 50.1 Å². The maximum absolute atomic E-state index is 12.7. The number of carbonyl (C=O) groups excluding carboxylic acids is 1. The average Bonchev–Trinajstić information content (AvgIpc) is 2.70. The lowest BCUT2D eigenvalue weighted by molar-refractivity contribution is 0.0680. The van der Waals surface area contributed by atoms with Crippen LogP contribution < -0.4 is 5.32 Å². The smallest absolute Gasteiger partial charge is 0.254 e. The zero-order valence-electron chi connectivity index (χ0n) is 12.5. The highest BCUT2D eigenvalue weighted by atomic mass is 35.5. The molecule has 2 aliphatic rings. The monoisotopic (exact) mass is 344 g/mol. The van der Waals surface area contributed by atoms with Crippen LogP contribution >= 0.6 is 12.4 Å². The minimum atomic E-state index is -3.22. The van der Waals surface area contributed by atoms with Gasteiger partial charge in [-0.1, -0.05) is 0 Å². The van der Waals surface area contributed by atoms with E-state index in [1.165, 1.54) is 18.4 Å². The van der Waals surface area contributed by atoms with E-state index >= 15 is 0 Å². The van der Waals surface area contributed by atoms with Crippen LogP contribution in [0.5, 0.6) is 0 Å². The number of nitrogens with one attached hydrogen (secondary N) is 1. The SMILES string of the molecule is CS(=O)(=O)c1ccc(C(=O)N2C3CCNCC2CC3)cc1.Cl. The first kappa shape index (κ1) is 17.2. The predicted octanol–water partition coefficient (Wildman–Crippen LogP) is 1.48. The fourth-order valence-corrected chi connectivity index (χ4v) is 3.94. The van der Waals surface area contributed by atoms with Crippen LogP contribution in [0.2, 0.25) is 0 Å². The van der Waals surface area contributed by atoms with Crippen LogP contribution in [0.4, 0.5) is 0 Å². The van der Waals surface area contributed by atoms with E-state index in [1.807, 2.05) is 4.90 Å². The summed E-state index contributed by atoms with van der Waals surface area (Å²) in [7, 11) is -3.22. The Morgan fingerprint density at radius 2 is 1.77 bits per heavy atom. The van der Waals surface area contributed by atoms with Gasteiger partial charge in [0, 0.05) is 30.4 Å². The summed E-state index contributed by atoms with van der Waals surface area (Å²) in [4.78, 5) is 15.0. The van der Waals surface area contributed by atoms with Crippen molar-refractivity contribution in [3.63, 3.8) is 0 Å². The summed E-state index contributed by atoms with van der Waals surface area (Å²) in [5.74, 6) is 0.0197. The number of carbonyl (C=O) groups is 1.